The average molecular weight is 371 g/mol. The summed E-state index contributed by atoms with van der Waals surface area (Å²) in [7, 11) is 3.64. The van der Waals surface area contributed by atoms with Gasteiger partial charge in [0.05, 0.1) is 12.0 Å². The first-order valence-corrected chi connectivity index (χ1v) is 10.1. The zero-order valence-corrected chi connectivity index (χ0v) is 16.4. The highest BCUT2D eigenvalue weighted by Crippen LogP contribution is 2.34. The molecule has 2 atom stereocenters. The maximum Gasteiger partial charge on any atom is 0.263 e. The number of ether oxygens (including phenoxy) is 1. The number of rotatable bonds is 4. The number of benzene rings is 1. The van der Waals surface area contributed by atoms with Crippen LogP contribution in [0.15, 0.2) is 30.3 Å². The van der Waals surface area contributed by atoms with Gasteiger partial charge >= 0.3 is 0 Å². The summed E-state index contributed by atoms with van der Waals surface area (Å²) in [5.74, 6) is 1.00. The Morgan fingerprint density at radius 1 is 1.19 bits per heavy atom. The molecule has 1 N–H and O–H groups in total. The molecular formula is C21H26N2O2S. The first kappa shape index (κ1) is 17.6. The fourth-order valence-corrected chi connectivity index (χ4v) is 5.35. The maximum atomic E-state index is 13.1. The fourth-order valence-electron chi connectivity index (χ4n) is 4.33. The van der Waals surface area contributed by atoms with Crippen molar-refractivity contribution in [2.75, 3.05) is 14.2 Å². The Morgan fingerprint density at radius 2 is 1.85 bits per heavy atom. The molecule has 1 aromatic heterocycles. The number of thiophene rings is 1. The molecule has 26 heavy (non-hydrogen) atoms. The van der Waals surface area contributed by atoms with Gasteiger partial charge in [-0.05, 0) is 61.9 Å². The van der Waals surface area contributed by atoms with Gasteiger partial charge in [0.1, 0.15) is 5.75 Å². The molecule has 5 heteroatoms. The van der Waals surface area contributed by atoms with Gasteiger partial charge in [-0.2, -0.15) is 0 Å². The summed E-state index contributed by atoms with van der Waals surface area (Å²) >= 11 is 1.60. The van der Waals surface area contributed by atoms with Gasteiger partial charge in [-0.15, -0.1) is 11.3 Å². The number of carbonyl (C=O) groups is 1. The topological polar surface area (TPSA) is 41.6 Å². The van der Waals surface area contributed by atoms with Crippen molar-refractivity contribution in [3.05, 3.63) is 40.1 Å². The highest BCUT2D eigenvalue weighted by molar-refractivity contribution is 7.14. The number of fused-ring (bicyclic) bond motifs is 2. The Bertz CT molecular complexity index is 787. The lowest BCUT2D eigenvalue weighted by atomic mass is 9.98. The van der Waals surface area contributed by atoms with E-state index in [4.69, 9.17) is 4.74 Å². The van der Waals surface area contributed by atoms with E-state index in [-0.39, 0.29) is 5.91 Å². The van der Waals surface area contributed by atoms with Crippen LogP contribution in [0.1, 0.15) is 40.2 Å². The minimum Gasteiger partial charge on any atom is -0.497 e. The van der Waals surface area contributed by atoms with E-state index in [2.05, 4.69) is 30.4 Å². The number of methoxy groups -OCH3 is 1. The highest BCUT2D eigenvalue weighted by Gasteiger charge is 2.36. The van der Waals surface area contributed by atoms with Crippen molar-refractivity contribution in [3.63, 3.8) is 0 Å². The molecule has 2 bridgehead atoms. The van der Waals surface area contributed by atoms with Crippen molar-refractivity contribution in [1.29, 1.82) is 0 Å². The lowest BCUT2D eigenvalue weighted by Crippen LogP contribution is -2.48. The van der Waals surface area contributed by atoms with E-state index in [0.717, 1.165) is 34.6 Å². The molecule has 0 aliphatic carbocycles. The van der Waals surface area contributed by atoms with Crippen LogP contribution in [0.3, 0.4) is 0 Å². The third kappa shape index (κ3) is 3.26. The molecule has 0 radical (unpaired) electrons. The minimum absolute atomic E-state index is 0.157. The summed E-state index contributed by atoms with van der Waals surface area (Å²) in [5, 5.41) is 3.65. The summed E-state index contributed by atoms with van der Waals surface area (Å²) in [6, 6.07) is 11.6. The van der Waals surface area contributed by atoms with Crippen LogP contribution < -0.4 is 10.1 Å². The lowest BCUT2D eigenvalue weighted by molar-refractivity contribution is 0.0686. The Labute approximate surface area is 159 Å². The molecule has 2 aromatic rings. The van der Waals surface area contributed by atoms with E-state index in [1.54, 1.807) is 18.4 Å². The summed E-state index contributed by atoms with van der Waals surface area (Å²) in [6.07, 6.45) is 4.66. The number of amides is 1. The van der Waals surface area contributed by atoms with Crippen LogP contribution in [0.5, 0.6) is 5.75 Å². The predicted octanol–water partition coefficient (Wildman–Crippen LogP) is 4.09. The molecule has 2 aliphatic rings. The van der Waals surface area contributed by atoms with Crippen LogP contribution in [0, 0.1) is 6.92 Å². The molecule has 1 aromatic carbocycles. The van der Waals surface area contributed by atoms with E-state index in [9.17, 15) is 4.79 Å². The van der Waals surface area contributed by atoms with Crippen LogP contribution in [0.2, 0.25) is 0 Å². The fraction of sp³-hybridized carbons (Fsp3) is 0.476. The third-order valence-electron chi connectivity index (χ3n) is 5.85. The molecule has 3 heterocycles. The average Bonchev–Trinajstić information content (AvgIpc) is 3.22. The number of carbonyl (C=O) groups excluding carboxylic acids is 1. The zero-order valence-electron chi connectivity index (χ0n) is 15.6. The van der Waals surface area contributed by atoms with Crippen molar-refractivity contribution in [2.24, 2.45) is 0 Å². The van der Waals surface area contributed by atoms with Crippen LogP contribution >= 0.6 is 11.3 Å². The minimum atomic E-state index is 0.157. The highest BCUT2D eigenvalue weighted by atomic mass is 32.1. The van der Waals surface area contributed by atoms with E-state index in [1.165, 1.54) is 17.7 Å². The van der Waals surface area contributed by atoms with E-state index in [0.29, 0.717) is 18.1 Å². The third-order valence-corrected chi connectivity index (χ3v) is 6.88. The Balaban J connectivity index is 1.53. The van der Waals surface area contributed by atoms with E-state index in [1.807, 2.05) is 24.1 Å². The maximum absolute atomic E-state index is 13.1. The number of aryl methyl sites for hydroxylation is 1. The molecule has 4 rings (SSSR count). The van der Waals surface area contributed by atoms with Crippen molar-refractivity contribution >= 4 is 17.2 Å². The normalized spacial score (nSPS) is 24.5. The molecule has 4 nitrogen and oxygen atoms in total. The number of hydrogen-bond donors (Lipinski definition) is 1. The molecule has 1 amide bonds. The van der Waals surface area contributed by atoms with Crippen molar-refractivity contribution in [1.82, 2.24) is 10.2 Å². The number of nitrogens with one attached hydrogen (secondary N) is 1. The van der Waals surface area contributed by atoms with Gasteiger partial charge < -0.3 is 15.0 Å². The van der Waals surface area contributed by atoms with Crippen molar-refractivity contribution in [2.45, 2.75) is 50.7 Å². The molecule has 2 fully saturated rings. The van der Waals surface area contributed by atoms with E-state index >= 15 is 0 Å². The van der Waals surface area contributed by atoms with Gasteiger partial charge in [-0.1, -0.05) is 12.1 Å². The van der Waals surface area contributed by atoms with Gasteiger partial charge in [-0.3, -0.25) is 4.79 Å². The van der Waals surface area contributed by atoms with Gasteiger partial charge in [0.15, 0.2) is 0 Å². The first-order chi connectivity index (χ1) is 12.5. The monoisotopic (exact) mass is 370 g/mol. The molecule has 0 saturated carbocycles. The quantitative estimate of drug-likeness (QED) is 0.881. The molecule has 0 spiro atoms. The van der Waals surface area contributed by atoms with Crippen LogP contribution in [0.25, 0.3) is 11.1 Å². The molecule has 2 saturated heterocycles. The van der Waals surface area contributed by atoms with E-state index < -0.39 is 0 Å². The summed E-state index contributed by atoms with van der Waals surface area (Å²) < 4.78 is 5.24. The van der Waals surface area contributed by atoms with Crippen LogP contribution in [-0.4, -0.2) is 43.1 Å². The second-order valence-electron chi connectivity index (χ2n) is 7.49. The standard InChI is InChI=1S/C21H26N2O2S/c1-13-19(14-4-8-18(25-3)9-5-14)12-20(26-13)21(24)23(2)17-10-15-6-7-16(11-17)22-15/h4-5,8-9,12,15-17,22H,6-7,10-11H2,1-3H3. The Kier molecular flexibility index (Phi) is 4.76. The van der Waals surface area contributed by atoms with Gasteiger partial charge in [0.25, 0.3) is 5.91 Å². The molecule has 138 valence electrons. The van der Waals surface area contributed by atoms with Gasteiger partial charge in [-0.25, -0.2) is 0 Å². The van der Waals surface area contributed by atoms with Crippen molar-refractivity contribution < 1.29 is 9.53 Å². The number of hydrogen-bond acceptors (Lipinski definition) is 4. The van der Waals surface area contributed by atoms with Gasteiger partial charge in [0.2, 0.25) is 0 Å². The van der Waals surface area contributed by atoms with Crippen LogP contribution in [0.4, 0.5) is 0 Å². The number of nitrogens with zero attached hydrogens (tertiary/aromatic N) is 1. The largest absolute Gasteiger partial charge is 0.497 e. The summed E-state index contributed by atoms with van der Waals surface area (Å²) in [4.78, 5) is 17.1. The zero-order chi connectivity index (χ0) is 18.3. The van der Waals surface area contributed by atoms with Crippen molar-refractivity contribution in [3.8, 4) is 16.9 Å². The predicted molar refractivity (Wildman–Crippen MR) is 106 cm³/mol. The second-order valence-corrected chi connectivity index (χ2v) is 8.74. The van der Waals surface area contributed by atoms with Gasteiger partial charge in [0, 0.05) is 30.1 Å². The summed E-state index contributed by atoms with van der Waals surface area (Å²) in [6.45, 7) is 2.09. The van der Waals surface area contributed by atoms with Crippen LogP contribution in [-0.2, 0) is 0 Å². The second kappa shape index (κ2) is 7.05. The SMILES string of the molecule is COc1ccc(-c2cc(C(=O)N(C)C3CC4CCC(C3)N4)sc2C)cc1. The first-order valence-electron chi connectivity index (χ1n) is 9.33. The summed E-state index contributed by atoms with van der Waals surface area (Å²) in [5.41, 5.74) is 2.26. The smallest absolute Gasteiger partial charge is 0.263 e. The molecule has 2 aliphatic heterocycles. The Morgan fingerprint density at radius 3 is 2.46 bits per heavy atom. The molecule has 2 unspecified atom stereocenters. The Hall–Kier alpha value is -1.85. The lowest BCUT2D eigenvalue weighted by Gasteiger charge is -2.35. The molecular weight excluding hydrogens is 344 g/mol. The number of piperidine rings is 1.